The molecule has 2 rings (SSSR count). The Morgan fingerprint density at radius 2 is 2.00 bits per heavy atom. The van der Waals surface area contributed by atoms with Gasteiger partial charge in [0.1, 0.15) is 10.8 Å². The molecule has 2 nitrogen and oxygen atoms in total. The minimum absolute atomic E-state index is 0.215. The van der Waals surface area contributed by atoms with Crippen molar-refractivity contribution in [3.63, 3.8) is 0 Å². The van der Waals surface area contributed by atoms with E-state index in [0.29, 0.717) is 6.04 Å². The van der Waals surface area contributed by atoms with Crippen LogP contribution in [0.3, 0.4) is 0 Å². The van der Waals surface area contributed by atoms with Gasteiger partial charge in [-0.2, -0.15) is 0 Å². The molecule has 0 aliphatic rings. The van der Waals surface area contributed by atoms with Gasteiger partial charge in [0, 0.05) is 16.5 Å². The number of halogens is 1. The lowest BCUT2D eigenvalue weighted by atomic mass is 10.2. The molecular weight excluding hydrogens is 247 g/mol. The lowest BCUT2D eigenvalue weighted by Gasteiger charge is -2.09. The first-order valence-corrected chi connectivity index (χ1v) is 6.90. The zero-order chi connectivity index (χ0) is 13.1. The summed E-state index contributed by atoms with van der Waals surface area (Å²) < 4.78 is 12.9. The van der Waals surface area contributed by atoms with E-state index in [9.17, 15) is 4.39 Å². The SMILES string of the molecule is CCNC(C)c1sc(-c2ccc(F)cc2)nc1C. The fraction of sp³-hybridized carbons (Fsp3) is 0.357. The van der Waals surface area contributed by atoms with E-state index in [0.717, 1.165) is 22.8 Å². The molecule has 0 saturated carbocycles. The number of aryl methyl sites for hydroxylation is 1. The first-order valence-electron chi connectivity index (χ1n) is 6.08. The number of rotatable bonds is 4. The van der Waals surface area contributed by atoms with Gasteiger partial charge in [0.15, 0.2) is 0 Å². The molecule has 0 aliphatic carbocycles. The van der Waals surface area contributed by atoms with Crippen LogP contribution in [0.2, 0.25) is 0 Å². The lowest BCUT2D eigenvalue weighted by Crippen LogP contribution is -2.17. The third-order valence-corrected chi connectivity index (χ3v) is 4.22. The first-order chi connectivity index (χ1) is 8.61. The molecule has 1 unspecified atom stereocenters. The topological polar surface area (TPSA) is 24.9 Å². The number of aromatic nitrogens is 1. The third-order valence-electron chi connectivity index (χ3n) is 2.83. The van der Waals surface area contributed by atoms with E-state index in [1.165, 1.54) is 17.0 Å². The summed E-state index contributed by atoms with van der Waals surface area (Å²) >= 11 is 1.67. The maximum absolute atomic E-state index is 12.9. The molecule has 0 bridgehead atoms. The van der Waals surface area contributed by atoms with Crippen molar-refractivity contribution in [2.75, 3.05) is 6.54 Å². The van der Waals surface area contributed by atoms with E-state index in [2.05, 4.69) is 24.1 Å². The molecule has 1 N–H and O–H groups in total. The van der Waals surface area contributed by atoms with Gasteiger partial charge in [-0.3, -0.25) is 0 Å². The second kappa shape index (κ2) is 5.59. The highest BCUT2D eigenvalue weighted by atomic mass is 32.1. The minimum Gasteiger partial charge on any atom is -0.310 e. The van der Waals surface area contributed by atoms with Crippen LogP contribution >= 0.6 is 11.3 Å². The number of nitrogens with zero attached hydrogens (tertiary/aromatic N) is 1. The summed E-state index contributed by atoms with van der Waals surface area (Å²) in [5, 5.41) is 4.34. The number of hydrogen-bond donors (Lipinski definition) is 1. The third kappa shape index (κ3) is 2.76. The standard InChI is InChI=1S/C14H17FN2S/c1-4-16-9(2)13-10(3)17-14(18-13)11-5-7-12(15)8-6-11/h5-9,16H,4H2,1-3H3. The van der Waals surface area contributed by atoms with Gasteiger partial charge < -0.3 is 5.32 Å². The minimum atomic E-state index is -0.215. The van der Waals surface area contributed by atoms with Crippen molar-refractivity contribution in [3.05, 3.63) is 40.7 Å². The van der Waals surface area contributed by atoms with Crippen LogP contribution in [0.25, 0.3) is 10.6 Å². The zero-order valence-corrected chi connectivity index (χ0v) is 11.6. The molecule has 0 amide bonds. The molecule has 1 heterocycles. The first kappa shape index (κ1) is 13.2. The smallest absolute Gasteiger partial charge is 0.123 e. The van der Waals surface area contributed by atoms with Crippen molar-refractivity contribution < 1.29 is 4.39 Å². The number of hydrogen-bond acceptors (Lipinski definition) is 3. The Morgan fingerprint density at radius 3 is 2.61 bits per heavy atom. The van der Waals surface area contributed by atoms with Crippen molar-refractivity contribution in [3.8, 4) is 10.6 Å². The highest BCUT2D eigenvalue weighted by Crippen LogP contribution is 2.31. The van der Waals surface area contributed by atoms with Gasteiger partial charge in [-0.15, -0.1) is 11.3 Å². The molecule has 0 radical (unpaired) electrons. The monoisotopic (exact) mass is 264 g/mol. The molecule has 2 aromatic rings. The van der Waals surface area contributed by atoms with E-state index in [1.54, 1.807) is 23.5 Å². The highest BCUT2D eigenvalue weighted by Gasteiger charge is 2.14. The van der Waals surface area contributed by atoms with Gasteiger partial charge in [-0.05, 0) is 44.7 Å². The molecule has 0 fully saturated rings. The van der Waals surface area contributed by atoms with Crippen LogP contribution in [-0.2, 0) is 0 Å². The fourth-order valence-electron chi connectivity index (χ4n) is 1.92. The average molecular weight is 264 g/mol. The predicted octanol–water partition coefficient (Wildman–Crippen LogP) is 3.93. The van der Waals surface area contributed by atoms with Crippen molar-refractivity contribution >= 4 is 11.3 Å². The Kier molecular flexibility index (Phi) is 4.09. The van der Waals surface area contributed by atoms with Crippen molar-refractivity contribution in [2.45, 2.75) is 26.8 Å². The summed E-state index contributed by atoms with van der Waals surface area (Å²) in [7, 11) is 0. The molecule has 96 valence electrons. The van der Waals surface area contributed by atoms with E-state index in [4.69, 9.17) is 0 Å². The summed E-state index contributed by atoms with van der Waals surface area (Å²) in [4.78, 5) is 5.82. The van der Waals surface area contributed by atoms with E-state index in [1.807, 2.05) is 6.92 Å². The van der Waals surface area contributed by atoms with Crippen LogP contribution in [-0.4, -0.2) is 11.5 Å². The summed E-state index contributed by atoms with van der Waals surface area (Å²) in [5.74, 6) is -0.215. The van der Waals surface area contributed by atoms with E-state index >= 15 is 0 Å². The Morgan fingerprint density at radius 1 is 1.33 bits per heavy atom. The van der Waals surface area contributed by atoms with Crippen LogP contribution in [0, 0.1) is 12.7 Å². The quantitative estimate of drug-likeness (QED) is 0.905. The fourth-order valence-corrected chi connectivity index (χ4v) is 3.02. The van der Waals surface area contributed by atoms with Gasteiger partial charge >= 0.3 is 0 Å². The van der Waals surface area contributed by atoms with Gasteiger partial charge in [0.2, 0.25) is 0 Å². The maximum atomic E-state index is 12.9. The summed E-state index contributed by atoms with van der Waals surface area (Å²) in [5.41, 5.74) is 2.02. The van der Waals surface area contributed by atoms with Crippen LogP contribution in [0.5, 0.6) is 0 Å². The Hall–Kier alpha value is -1.26. The molecule has 0 spiro atoms. The van der Waals surface area contributed by atoms with Crippen molar-refractivity contribution in [1.29, 1.82) is 0 Å². The second-order valence-electron chi connectivity index (χ2n) is 4.25. The number of thiazole rings is 1. The van der Waals surface area contributed by atoms with Gasteiger partial charge in [0.05, 0.1) is 5.69 Å². The summed E-state index contributed by atoms with van der Waals surface area (Å²) in [6.45, 7) is 7.18. The Labute approximate surface area is 111 Å². The predicted molar refractivity (Wildman–Crippen MR) is 74.3 cm³/mol. The van der Waals surface area contributed by atoms with Crippen LogP contribution < -0.4 is 5.32 Å². The molecule has 18 heavy (non-hydrogen) atoms. The van der Waals surface area contributed by atoms with Gasteiger partial charge in [-0.1, -0.05) is 6.92 Å². The summed E-state index contributed by atoms with van der Waals surface area (Å²) in [6, 6.07) is 6.80. The molecule has 0 aliphatic heterocycles. The summed E-state index contributed by atoms with van der Waals surface area (Å²) in [6.07, 6.45) is 0. The van der Waals surface area contributed by atoms with Crippen LogP contribution in [0.15, 0.2) is 24.3 Å². The largest absolute Gasteiger partial charge is 0.310 e. The molecule has 1 aromatic heterocycles. The Bertz CT molecular complexity index is 519. The van der Waals surface area contributed by atoms with E-state index < -0.39 is 0 Å². The average Bonchev–Trinajstić information content (AvgIpc) is 2.72. The van der Waals surface area contributed by atoms with Crippen molar-refractivity contribution in [2.24, 2.45) is 0 Å². The number of benzene rings is 1. The highest BCUT2D eigenvalue weighted by molar-refractivity contribution is 7.15. The molecule has 1 atom stereocenters. The van der Waals surface area contributed by atoms with Crippen molar-refractivity contribution in [1.82, 2.24) is 10.3 Å². The zero-order valence-electron chi connectivity index (χ0n) is 10.8. The van der Waals surface area contributed by atoms with Crippen LogP contribution in [0.1, 0.15) is 30.5 Å². The van der Waals surface area contributed by atoms with Gasteiger partial charge in [0.25, 0.3) is 0 Å². The normalized spacial score (nSPS) is 12.7. The van der Waals surface area contributed by atoms with Crippen LogP contribution in [0.4, 0.5) is 4.39 Å². The number of nitrogens with one attached hydrogen (secondary N) is 1. The van der Waals surface area contributed by atoms with Gasteiger partial charge in [-0.25, -0.2) is 9.37 Å². The molecular formula is C14H17FN2S. The molecule has 0 saturated heterocycles. The maximum Gasteiger partial charge on any atom is 0.123 e. The van der Waals surface area contributed by atoms with E-state index in [-0.39, 0.29) is 5.82 Å². The molecule has 4 heteroatoms. The Balaban J connectivity index is 2.30. The lowest BCUT2D eigenvalue weighted by molar-refractivity contribution is 0.603. The second-order valence-corrected chi connectivity index (χ2v) is 5.29. The molecule has 1 aromatic carbocycles.